The predicted octanol–water partition coefficient (Wildman–Crippen LogP) is 4.08. The van der Waals surface area contributed by atoms with Crippen molar-refractivity contribution < 1.29 is 13.2 Å². The van der Waals surface area contributed by atoms with E-state index >= 15 is 0 Å². The third kappa shape index (κ3) is 2.83. The highest BCUT2D eigenvalue weighted by molar-refractivity contribution is 5.26. The van der Waals surface area contributed by atoms with Crippen molar-refractivity contribution in [3.63, 3.8) is 0 Å². The lowest BCUT2D eigenvalue weighted by Crippen LogP contribution is -2.35. The van der Waals surface area contributed by atoms with Crippen LogP contribution >= 0.6 is 0 Å². The molecule has 1 atom stereocenters. The Balaban J connectivity index is 1.79. The van der Waals surface area contributed by atoms with Crippen molar-refractivity contribution in [2.24, 2.45) is 0 Å². The van der Waals surface area contributed by atoms with Crippen LogP contribution in [0.4, 0.5) is 13.2 Å². The fraction of sp³-hybridized carbons (Fsp3) is 0.375. The van der Waals surface area contributed by atoms with Crippen molar-refractivity contribution in [2.45, 2.75) is 32.2 Å². The van der Waals surface area contributed by atoms with Crippen LogP contribution in [0.25, 0.3) is 0 Å². The first-order chi connectivity index (χ1) is 9.95. The predicted molar refractivity (Wildman–Crippen MR) is 74.7 cm³/mol. The maximum Gasteiger partial charge on any atom is 0.416 e. The van der Waals surface area contributed by atoms with E-state index in [4.69, 9.17) is 0 Å². The number of halogens is 3. The zero-order valence-corrected chi connectivity index (χ0v) is 11.8. The monoisotopic (exact) mass is 294 g/mol. The molecule has 0 aliphatic carbocycles. The van der Waals surface area contributed by atoms with Crippen molar-refractivity contribution in [1.29, 1.82) is 0 Å². The SMILES string of the molecule is CC1c2cccn2CCN1Cc1cccc(C(F)(F)F)c1. The highest BCUT2D eigenvalue weighted by Gasteiger charge is 2.31. The summed E-state index contributed by atoms with van der Waals surface area (Å²) in [6, 6.07) is 9.91. The summed E-state index contributed by atoms with van der Waals surface area (Å²) in [6.07, 6.45) is -2.23. The molecule has 0 saturated heterocycles. The molecule has 0 radical (unpaired) electrons. The van der Waals surface area contributed by atoms with Crippen molar-refractivity contribution in [1.82, 2.24) is 9.47 Å². The van der Waals surface area contributed by atoms with Crippen LogP contribution in [0.2, 0.25) is 0 Å². The van der Waals surface area contributed by atoms with Gasteiger partial charge in [-0.2, -0.15) is 13.2 Å². The van der Waals surface area contributed by atoms with Crippen molar-refractivity contribution in [3.05, 3.63) is 59.4 Å². The van der Waals surface area contributed by atoms with Crippen molar-refractivity contribution >= 4 is 0 Å². The lowest BCUT2D eigenvalue weighted by molar-refractivity contribution is -0.137. The molecule has 2 heterocycles. The average Bonchev–Trinajstić information content (AvgIpc) is 2.91. The summed E-state index contributed by atoms with van der Waals surface area (Å²) in [7, 11) is 0. The first-order valence-corrected chi connectivity index (χ1v) is 7.00. The van der Waals surface area contributed by atoms with Crippen LogP contribution in [0.15, 0.2) is 42.6 Å². The van der Waals surface area contributed by atoms with Crippen LogP contribution in [0.5, 0.6) is 0 Å². The van der Waals surface area contributed by atoms with Gasteiger partial charge in [-0.15, -0.1) is 0 Å². The topological polar surface area (TPSA) is 8.17 Å². The molecule has 1 aliphatic heterocycles. The summed E-state index contributed by atoms with van der Waals surface area (Å²) in [5, 5.41) is 0. The highest BCUT2D eigenvalue weighted by Crippen LogP contribution is 2.31. The summed E-state index contributed by atoms with van der Waals surface area (Å²) in [6.45, 7) is 4.36. The first-order valence-electron chi connectivity index (χ1n) is 7.00. The summed E-state index contributed by atoms with van der Waals surface area (Å²) >= 11 is 0. The molecule has 1 aromatic heterocycles. The molecule has 1 aromatic carbocycles. The number of alkyl halides is 3. The summed E-state index contributed by atoms with van der Waals surface area (Å²) in [5.74, 6) is 0. The third-order valence-electron chi connectivity index (χ3n) is 4.11. The van der Waals surface area contributed by atoms with Crippen molar-refractivity contribution in [3.8, 4) is 0 Å². The lowest BCUT2D eigenvalue weighted by atomic mass is 10.1. The molecule has 2 aromatic rings. The Morgan fingerprint density at radius 2 is 1.95 bits per heavy atom. The molecule has 0 bridgehead atoms. The molecule has 3 rings (SSSR count). The first kappa shape index (κ1) is 14.2. The Hall–Kier alpha value is -1.75. The summed E-state index contributed by atoms with van der Waals surface area (Å²) in [5.41, 5.74) is 1.35. The standard InChI is InChI=1S/C16H17F3N2/c1-12-15-6-3-7-20(15)8-9-21(12)11-13-4-2-5-14(10-13)16(17,18)19/h2-7,10,12H,8-9,11H2,1H3. The molecular weight excluding hydrogens is 277 g/mol. The Bertz CT molecular complexity index is 630. The number of nitrogens with zero attached hydrogens (tertiary/aromatic N) is 2. The fourth-order valence-corrected chi connectivity index (χ4v) is 2.92. The molecule has 0 amide bonds. The average molecular weight is 294 g/mol. The zero-order valence-electron chi connectivity index (χ0n) is 11.8. The van der Waals surface area contributed by atoms with Gasteiger partial charge in [-0.3, -0.25) is 4.90 Å². The minimum Gasteiger partial charge on any atom is -0.349 e. The van der Waals surface area contributed by atoms with Crippen LogP contribution in [0.3, 0.4) is 0 Å². The van der Waals surface area contributed by atoms with E-state index < -0.39 is 11.7 Å². The number of hydrogen-bond acceptors (Lipinski definition) is 1. The Labute approximate surface area is 121 Å². The van der Waals surface area contributed by atoms with E-state index in [0.717, 1.165) is 19.2 Å². The van der Waals surface area contributed by atoms with E-state index in [9.17, 15) is 13.2 Å². The number of benzene rings is 1. The fourth-order valence-electron chi connectivity index (χ4n) is 2.92. The van der Waals surface area contributed by atoms with Gasteiger partial charge in [-0.1, -0.05) is 18.2 Å². The molecule has 0 spiro atoms. The third-order valence-corrected chi connectivity index (χ3v) is 4.11. The maximum atomic E-state index is 12.8. The molecule has 21 heavy (non-hydrogen) atoms. The Kier molecular flexibility index (Phi) is 3.53. The van der Waals surface area contributed by atoms with Gasteiger partial charge in [0.2, 0.25) is 0 Å². The highest BCUT2D eigenvalue weighted by atomic mass is 19.4. The zero-order chi connectivity index (χ0) is 15.0. The molecule has 0 saturated carbocycles. The van der Waals surface area contributed by atoms with E-state index in [0.29, 0.717) is 12.1 Å². The van der Waals surface area contributed by atoms with E-state index in [-0.39, 0.29) is 6.04 Å². The quantitative estimate of drug-likeness (QED) is 0.810. The number of rotatable bonds is 2. The van der Waals surface area contributed by atoms with E-state index in [2.05, 4.69) is 22.5 Å². The van der Waals surface area contributed by atoms with Crippen LogP contribution < -0.4 is 0 Å². The van der Waals surface area contributed by atoms with Gasteiger partial charge in [-0.25, -0.2) is 0 Å². The molecule has 1 unspecified atom stereocenters. The summed E-state index contributed by atoms with van der Waals surface area (Å²) in [4.78, 5) is 2.21. The van der Waals surface area contributed by atoms with Crippen molar-refractivity contribution in [2.75, 3.05) is 6.54 Å². The van der Waals surface area contributed by atoms with Crippen LogP contribution in [-0.2, 0) is 19.3 Å². The van der Waals surface area contributed by atoms with E-state index in [1.165, 1.54) is 17.8 Å². The molecule has 0 N–H and O–H groups in total. The van der Waals surface area contributed by atoms with Gasteiger partial charge >= 0.3 is 6.18 Å². The number of hydrogen-bond donors (Lipinski definition) is 0. The minimum absolute atomic E-state index is 0.211. The van der Waals surface area contributed by atoms with Crippen LogP contribution in [0.1, 0.15) is 29.8 Å². The molecule has 2 nitrogen and oxygen atoms in total. The second-order valence-electron chi connectivity index (χ2n) is 5.47. The van der Waals surface area contributed by atoms with Gasteiger partial charge in [0.25, 0.3) is 0 Å². The second kappa shape index (κ2) is 5.22. The second-order valence-corrected chi connectivity index (χ2v) is 5.47. The summed E-state index contributed by atoms with van der Waals surface area (Å²) < 4.78 is 40.5. The van der Waals surface area contributed by atoms with Gasteiger partial charge in [-0.05, 0) is 30.7 Å². The Morgan fingerprint density at radius 3 is 2.71 bits per heavy atom. The minimum atomic E-state index is -4.28. The van der Waals surface area contributed by atoms with Gasteiger partial charge in [0.05, 0.1) is 5.56 Å². The molecule has 1 aliphatic rings. The van der Waals surface area contributed by atoms with Gasteiger partial charge < -0.3 is 4.57 Å². The van der Waals surface area contributed by atoms with Crippen LogP contribution in [-0.4, -0.2) is 16.0 Å². The number of fused-ring (bicyclic) bond motifs is 1. The molecule has 0 fully saturated rings. The van der Waals surface area contributed by atoms with E-state index in [1.54, 1.807) is 6.07 Å². The molecule has 5 heteroatoms. The van der Waals surface area contributed by atoms with Gasteiger partial charge in [0, 0.05) is 37.6 Å². The maximum absolute atomic E-state index is 12.8. The van der Waals surface area contributed by atoms with Gasteiger partial charge in [0.15, 0.2) is 0 Å². The van der Waals surface area contributed by atoms with Crippen LogP contribution in [0, 0.1) is 0 Å². The van der Waals surface area contributed by atoms with E-state index in [1.807, 2.05) is 12.3 Å². The molecular formula is C16H17F3N2. The molecule has 112 valence electrons. The Morgan fingerprint density at radius 1 is 1.14 bits per heavy atom. The van der Waals surface area contributed by atoms with Gasteiger partial charge in [0.1, 0.15) is 0 Å². The number of aromatic nitrogens is 1. The smallest absolute Gasteiger partial charge is 0.349 e. The normalized spacial score (nSPS) is 19.5. The largest absolute Gasteiger partial charge is 0.416 e. The lowest BCUT2D eigenvalue weighted by Gasteiger charge is -2.35.